The minimum Gasteiger partial charge on any atom is -0.506 e. The number of aryl methyl sites for hydroxylation is 1. The van der Waals surface area contributed by atoms with E-state index in [9.17, 15) is 5.11 Å². The predicted molar refractivity (Wildman–Crippen MR) is 71.4 cm³/mol. The van der Waals surface area contributed by atoms with Crippen LogP contribution in [0.15, 0.2) is 48.9 Å². The molecule has 1 N–H and O–H groups in total. The van der Waals surface area contributed by atoms with E-state index in [0.29, 0.717) is 0 Å². The molecular weight excluding hydrogens is 224 g/mol. The zero-order valence-corrected chi connectivity index (χ0v) is 9.96. The Labute approximate surface area is 105 Å². The number of hydrogen-bond acceptors (Lipinski definition) is 3. The molecule has 0 bridgehead atoms. The van der Waals surface area contributed by atoms with E-state index in [4.69, 9.17) is 0 Å². The summed E-state index contributed by atoms with van der Waals surface area (Å²) in [5, 5.41) is 10.9. The van der Waals surface area contributed by atoms with E-state index in [-0.39, 0.29) is 5.75 Å². The molecule has 0 saturated carbocycles. The van der Waals surface area contributed by atoms with E-state index in [1.807, 2.05) is 31.2 Å². The van der Waals surface area contributed by atoms with Gasteiger partial charge >= 0.3 is 0 Å². The van der Waals surface area contributed by atoms with Crippen molar-refractivity contribution in [3.8, 4) is 16.9 Å². The highest BCUT2D eigenvalue weighted by molar-refractivity contribution is 5.86. The van der Waals surface area contributed by atoms with Crippen LogP contribution in [0.2, 0.25) is 0 Å². The Bertz CT molecular complexity index is 723. The van der Waals surface area contributed by atoms with Crippen molar-refractivity contribution < 1.29 is 5.11 Å². The van der Waals surface area contributed by atoms with Gasteiger partial charge in [0, 0.05) is 28.9 Å². The number of rotatable bonds is 1. The van der Waals surface area contributed by atoms with Crippen LogP contribution in [0.4, 0.5) is 0 Å². The standard InChI is InChI=1S/C15H12N2O/c1-10-3-2-4-11-7-12(8-17-15(10)11)13-5-6-16-9-14(13)18/h2-9,18H,1H3. The fourth-order valence-electron chi connectivity index (χ4n) is 2.09. The number of para-hydroxylation sites is 1. The molecule has 0 radical (unpaired) electrons. The van der Waals surface area contributed by atoms with E-state index in [1.54, 1.807) is 18.5 Å². The van der Waals surface area contributed by atoms with Crippen LogP contribution in [-0.2, 0) is 0 Å². The van der Waals surface area contributed by atoms with Gasteiger partial charge < -0.3 is 5.11 Å². The Kier molecular flexibility index (Phi) is 2.45. The third kappa shape index (κ3) is 1.70. The molecule has 18 heavy (non-hydrogen) atoms. The third-order valence-corrected chi connectivity index (χ3v) is 3.02. The maximum atomic E-state index is 9.80. The highest BCUT2D eigenvalue weighted by atomic mass is 16.3. The van der Waals surface area contributed by atoms with E-state index < -0.39 is 0 Å². The smallest absolute Gasteiger partial charge is 0.141 e. The van der Waals surface area contributed by atoms with Crippen LogP contribution in [0.25, 0.3) is 22.0 Å². The molecule has 0 aliphatic rings. The van der Waals surface area contributed by atoms with Gasteiger partial charge in [-0.3, -0.25) is 9.97 Å². The van der Waals surface area contributed by atoms with Crippen molar-refractivity contribution in [1.29, 1.82) is 0 Å². The number of aromatic nitrogens is 2. The highest BCUT2D eigenvalue weighted by Crippen LogP contribution is 2.29. The lowest BCUT2D eigenvalue weighted by molar-refractivity contribution is 0.474. The lowest BCUT2D eigenvalue weighted by atomic mass is 10.0. The molecule has 3 nitrogen and oxygen atoms in total. The summed E-state index contributed by atoms with van der Waals surface area (Å²) < 4.78 is 0. The molecule has 0 amide bonds. The van der Waals surface area contributed by atoms with Gasteiger partial charge in [-0.25, -0.2) is 0 Å². The summed E-state index contributed by atoms with van der Waals surface area (Å²) in [4.78, 5) is 8.34. The maximum Gasteiger partial charge on any atom is 0.141 e. The molecule has 3 aromatic rings. The van der Waals surface area contributed by atoms with Crippen molar-refractivity contribution >= 4 is 10.9 Å². The van der Waals surface area contributed by atoms with Crippen LogP contribution in [0, 0.1) is 6.92 Å². The summed E-state index contributed by atoms with van der Waals surface area (Å²) in [6.45, 7) is 2.04. The van der Waals surface area contributed by atoms with Crippen molar-refractivity contribution in [2.45, 2.75) is 6.92 Å². The summed E-state index contributed by atoms with van der Waals surface area (Å²) in [6, 6.07) is 9.89. The summed E-state index contributed by atoms with van der Waals surface area (Å²) in [6.07, 6.45) is 4.88. The summed E-state index contributed by atoms with van der Waals surface area (Å²) in [7, 11) is 0. The number of aromatic hydroxyl groups is 1. The molecule has 0 atom stereocenters. The van der Waals surface area contributed by atoms with Crippen molar-refractivity contribution in [1.82, 2.24) is 9.97 Å². The zero-order chi connectivity index (χ0) is 12.5. The van der Waals surface area contributed by atoms with Crippen LogP contribution >= 0.6 is 0 Å². The average Bonchev–Trinajstić information content (AvgIpc) is 2.39. The Balaban J connectivity index is 2.23. The van der Waals surface area contributed by atoms with Crippen molar-refractivity contribution in [2.75, 3.05) is 0 Å². The summed E-state index contributed by atoms with van der Waals surface area (Å²) in [5.41, 5.74) is 3.79. The first-order valence-corrected chi connectivity index (χ1v) is 5.74. The first-order valence-electron chi connectivity index (χ1n) is 5.74. The number of hydrogen-bond donors (Lipinski definition) is 1. The summed E-state index contributed by atoms with van der Waals surface area (Å²) >= 11 is 0. The van der Waals surface area contributed by atoms with Gasteiger partial charge in [-0.1, -0.05) is 18.2 Å². The Morgan fingerprint density at radius 3 is 2.83 bits per heavy atom. The third-order valence-electron chi connectivity index (χ3n) is 3.02. The van der Waals surface area contributed by atoms with Crippen LogP contribution in [0.1, 0.15) is 5.56 Å². The normalized spacial score (nSPS) is 10.7. The van der Waals surface area contributed by atoms with Crippen molar-refractivity contribution in [3.05, 3.63) is 54.5 Å². The molecule has 0 aliphatic carbocycles. The second-order valence-electron chi connectivity index (χ2n) is 4.26. The zero-order valence-electron chi connectivity index (χ0n) is 9.96. The largest absolute Gasteiger partial charge is 0.506 e. The monoisotopic (exact) mass is 236 g/mol. The molecule has 1 aromatic carbocycles. The quantitative estimate of drug-likeness (QED) is 0.705. The van der Waals surface area contributed by atoms with Crippen molar-refractivity contribution in [2.24, 2.45) is 0 Å². The average molecular weight is 236 g/mol. The molecule has 0 spiro atoms. The van der Waals surface area contributed by atoms with Gasteiger partial charge in [0.25, 0.3) is 0 Å². The number of fused-ring (bicyclic) bond motifs is 1. The molecule has 0 aliphatic heterocycles. The topological polar surface area (TPSA) is 46.0 Å². The van der Waals surface area contributed by atoms with Crippen LogP contribution in [0.5, 0.6) is 5.75 Å². The minimum absolute atomic E-state index is 0.173. The molecule has 2 heterocycles. The summed E-state index contributed by atoms with van der Waals surface area (Å²) in [5.74, 6) is 0.173. The van der Waals surface area contributed by atoms with Crippen LogP contribution < -0.4 is 0 Å². The SMILES string of the molecule is Cc1cccc2cc(-c3ccncc3O)cnc12. The number of benzene rings is 1. The fraction of sp³-hybridized carbons (Fsp3) is 0.0667. The lowest BCUT2D eigenvalue weighted by Crippen LogP contribution is -1.86. The first kappa shape index (κ1) is 10.7. The minimum atomic E-state index is 0.173. The second-order valence-corrected chi connectivity index (χ2v) is 4.26. The van der Waals surface area contributed by atoms with Gasteiger partial charge in [0.1, 0.15) is 5.75 Å². The van der Waals surface area contributed by atoms with Crippen molar-refractivity contribution in [3.63, 3.8) is 0 Å². The van der Waals surface area contributed by atoms with E-state index in [0.717, 1.165) is 27.6 Å². The Hall–Kier alpha value is -2.42. The molecular formula is C15H12N2O. The molecule has 3 rings (SSSR count). The van der Waals surface area contributed by atoms with Gasteiger partial charge in [-0.05, 0) is 24.6 Å². The van der Waals surface area contributed by atoms with Crippen LogP contribution in [-0.4, -0.2) is 15.1 Å². The Morgan fingerprint density at radius 2 is 2.00 bits per heavy atom. The fourth-order valence-corrected chi connectivity index (χ4v) is 2.09. The molecule has 88 valence electrons. The van der Waals surface area contributed by atoms with Gasteiger partial charge in [-0.2, -0.15) is 0 Å². The number of nitrogens with zero attached hydrogens (tertiary/aromatic N) is 2. The van der Waals surface area contributed by atoms with E-state index in [1.165, 1.54) is 6.20 Å². The predicted octanol–water partition coefficient (Wildman–Crippen LogP) is 3.31. The van der Waals surface area contributed by atoms with Gasteiger partial charge in [-0.15, -0.1) is 0 Å². The lowest BCUT2D eigenvalue weighted by Gasteiger charge is -2.06. The highest BCUT2D eigenvalue weighted by Gasteiger charge is 2.06. The molecule has 0 saturated heterocycles. The first-order chi connectivity index (χ1) is 8.75. The van der Waals surface area contributed by atoms with Gasteiger partial charge in [0.15, 0.2) is 0 Å². The van der Waals surface area contributed by atoms with E-state index in [2.05, 4.69) is 9.97 Å². The van der Waals surface area contributed by atoms with Gasteiger partial charge in [0.05, 0.1) is 11.7 Å². The van der Waals surface area contributed by atoms with E-state index >= 15 is 0 Å². The molecule has 0 fully saturated rings. The Morgan fingerprint density at radius 1 is 1.11 bits per heavy atom. The maximum absolute atomic E-state index is 9.80. The molecule has 2 aromatic heterocycles. The van der Waals surface area contributed by atoms with Gasteiger partial charge in [0.2, 0.25) is 0 Å². The molecule has 0 unspecified atom stereocenters. The molecule has 3 heteroatoms. The second kappa shape index (κ2) is 4.11. The number of pyridine rings is 2. The van der Waals surface area contributed by atoms with Crippen LogP contribution in [0.3, 0.4) is 0 Å².